The standard InChI is InChI=1S/C12H18ClNO/c1-12(2,3)5-7-15-11-4-6-14-10(8-11)9-13/h4,6,8H,5,7,9H2,1-3H3. The third-order valence-electron chi connectivity index (χ3n) is 2.05. The number of rotatable bonds is 4. The largest absolute Gasteiger partial charge is 0.493 e. The zero-order valence-electron chi connectivity index (χ0n) is 9.59. The second-order valence-corrected chi connectivity index (χ2v) is 5.04. The highest BCUT2D eigenvalue weighted by Crippen LogP contribution is 2.19. The van der Waals surface area contributed by atoms with Gasteiger partial charge in [0.1, 0.15) is 5.75 Å². The highest BCUT2D eigenvalue weighted by molar-refractivity contribution is 6.16. The van der Waals surface area contributed by atoms with E-state index in [0.29, 0.717) is 11.3 Å². The molecular weight excluding hydrogens is 210 g/mol. The Morgan fingerprint density at radius 3 is 2.73 bits per heavy atom. The van der Waals surface area contributed by atoms with Crippen molar-refractivity contribution in [1.29, 1.82) is 0 Å². The molecule has 0 spiro atoms. The van der Waals surface area contributed by atoms with Gasteiger partial charge in [-0.2, -0.15) is 0 Å². The molecule has 3 heteroatoms. The Kier molecular flexibility index (Phi) is 4.40. The number of aromatic nitrogens is 1. The maximum Gasteiger partial charge on any atom is 0.122 e. The topological polar surface area (TPSA) is 22.1 Å². The van der Waals surface area contributed by atoms with Gasteiger partial charge in [0.2, 0.25) is 0 Å². The fourth-order valence-corrected chi connectivity index (χ4v) is 1.24. The van der Waals surface area contributed by atoms with Gasteiger partial charge in [-0.25, -0.2) is 0 Å². The highest BCUT2D eigenvalue weighted by Gasteiger charge is 2.09. The summed E-state index contributed by atoms with van der Waals surface area (Å²) in [6.07, 6.45) is 2.76. The number of ether oxygens (including phenoxy) is 1. The van der Waals surface area contributed by atoms with Crippen LogP contribution in [0.25, 0.3) is 0 Å². The van der Waals surface area contributed by atoms with Crippen LogP contribution in [0, 0.1) is 5.41 Å². The third-order valence-corrected chi connectivity index (χ3v) is 2.32. The van der Waals surface area contributed by atoms with Gasteiger partial charge in [0.05, 0.1) is 18.2 Å². The lowest BCUT2D eigenvalue weighted by Crippen LogP contribution is -2.11. The van der Waals surface area contributed by atoms with Crippen LogP contribution in [-0.2, 0) is 5.88 Å². The Morgan fingerprint density at radius 2 is 2.13 bits per heavy atom. The van der Waals surface area contributed by atoms with Crippen molar-refractivity contribution in [3.05, 3.63) is 24.0 Å². The van der Waals surface area contributed by atoms with Gasteiger partial charge in [-0.3, -0.25) is 4.98 Å². The Hall–Kier alpha value is -0.760. The molecule has 0 aliphatic heterocycles. The first-order chi connectivity index (χ1) is 7.01. The number of hydrogen-bond donors (Lipinski definition) is 0. The summed E-state index contributed by atoms with van der Waals surface area (Å²) in [7, 11) is 0. The molecule has 0 unspecified atom stereocenters. The van der Waals surface area contributed by atoms with Crippen LogP contribution in [-0.4, -0.2) is 11.6 Å². The lowest BCUT2D eigenvalue weighted by Gasteiger charge is -2.18. The minimum atomic E-state index is 0.308. The van der Waals surface area contributed by atoms with Gasteiger partial charge in [0.15, 0.2) is 0 Å². The zero-order chi connectivity index (χ0) is 11.3. The minimum absolute atomic E-state index is 0.308. The lowest BCUT2D eigenvalue weighted by molar-refractivity contribution is 0.242. The SMILES string of the molecule is CC(C)(C)CCOc1ccnc(CCl)c1. The van der Waals surface area contributed by atoms with Gasteiger partial charge < -0.3 is 4.74 Å². The van der Waals surface area contributed by atoms with Crippen molar-refractivity contribution < 1.29 is 4.74 Å². The molecule has 1 aromatic rings. The van der Waals surface area contributed by atoms with Crippen LogP contribution < -0.4 is 4.74 Å². The van der Waals surface area contributed by atoms with E-state index in [2.05, 4.69) is 25.8 Å². The zero-order valence-corrected chi connectivity index (χ0v) is 10.3. The number of alkyl halides is 1. The Bertz CT molecular complexity index is 307. The Labute approximate surface area is 96.6 Å². The van der Waals surface area contributed by atoms with E-state index in [4.69, 9.17) is 16.3 Å². The molecule has 0 radical (unpaired) electrons. The quantitative estimate of drug-likeness (QED) is 0.733. The maximum atomic E-state index is 5.69. The van der Waals surface area contributed by atoms with Crippen molar-refractivity contribution in [3.8, 4) is 5.75 Å². The van der Waals surface area contributed by atoms with Crippen molar-refractivity contribution in [3.63, 3.8) is 0 Å². The molecule has 0 atom stereocenters. The monoisotopic (exact) mass is 227 g/mol. The molecule has 0 fully saturated rings. The molecule has 0 bridgehead atoms. The van der Waals surface area contributed by atoms with E-state index in [9.17, 15) is 0 Å². The van der Waals surface area contributed by atoms with Crippen LogP contribution in [0.15, 0.2) is 18.3 Å². The smallest absolute Gasteiger partial charge is 0.122 e. The second kappa shape index (κ2) is 5.36. The summed E-state index contributed by atoms with van der Waals surface area (Å²) in [6, 6.07) is 3.74. The first kappa shape index (κ1) is 12.3. The molecule has 0 aliphatic rings. The van der Waals surface area contributed by atoms with Crippen LogP contribution in [0.5, 0.6) is 5.75 Å². The molecule has 15 heavy (non-hydrogen) atoms. The Balaban J connectivity index is 2.44. The first-order valence-electron chi connectivity index (χ1n) is 5.15. The molecule has 2 nitrogen and oxygen atoms in total. The summed E-state index contributed by atoms with van der Waals surface area (Å²) in [5.41, 5.74) is 1.16. The Morgan fingerprint density at radius 1 is 1.40 bits per heavy atom. The van der Waals surface area contributed by atoms with Crippen LogP contribution in [0.1, 0.15) is 32.9 Å². The van der Waals surface area contributed by atoms with Crippen LogP contribution >= 0.6 is 11.6 Å². The predicted molar refractivity (Wildman–Crippen MR) is 63.4 cm³/mol. The van der Waals surface area contributed by atoms with Crippen LogP contribution in [0.2, 0.25) is 0 Å². The lowest BCUT2D eigenvalue weighted by atomic mass is 9.93. The second-order valence-electron chi connectivity index (χ2n) is 4.78. The van der Waals surface area contributed by atoms with E-state index >= 15 is 0 Å². The summed E-state index contributed by atoms with van der Waals surface area (Å²) in [5, 5.41) is 0. The van der Waals surface area contributed by atoms with Crippen molar-refractivity contribution in [1.82, 2.24) is 4.98 Å². The molecule has 0 amide bonds. The van der Waals surface area contributed by atoms with Crippen molar-refractivity contribution in [2.75, 3.05) is 6.61 Å². The summed E-state index contributed by atoms with van der Waals surface area (Å²) in [5.74, 6) is 1.28. The van der Waals surface area contributed by atoms with Crippen molar-refractivity contribution in [2.24, 2.45) is 5.41 Å². The summed E-state index contributed by atoms with van der Waals surface area (Å²) in [4.78, 5) is 4.10. The van der Waals surface area contributed by atoms with E-state index < -0.39 is 0 Å². The van der Waals surface area contributed by atoms with Crippen molar-refractivity contribution in [2.45, 2.75) is 33.1 Å². The van der Waals surface area contributed by atoms with E-state index in [1.54, 1.807) is 6.20 Å². The molecule has 0 N–H and O–H groups in total. The van der Waals surface area contributed by atoms with E-state index in [1.807, 2.05) is 12.1 Å². The maximum absolute atomic E-state index is 5.69. The summed E-state index contributed by atoms with van der Waals surface area (Å²) < 4.78 is 5.63. The molecule has 1 rings (SSSR count). The van der Waals surface area contributed by atoms with Gasteiger partial charge >= 0.3 is 0 Å². The van der Waals surface area contributed by atoms with Gasteiger partial charge in [-0.05, 0) is 17.9 Å². The molecule has 0 saturated carbocycles. The average Bonchev–Trinajstić information content (AvgIpc) is 2.16. The van der Waals surface area contributed by atoms with Gasteiger partial charge in [0, 0.05) is 12.3 Å². The van der Waals surface area contributed by atoms with Gasteiger partial charge in [-0.1, -0.05) is 20.8 Å². The normalized spacial score (nSPS) is 11.5. The van der Waals surface area contributed by atoms with Gasteiger partial charge in [0.25, 0.3) is 0 Å². The molecule has 0 aliphatic carbocycles. The van der Waals surface area contributed by atoms with Crippen molar-refractivity contribution >= 4 is 11.6 Å². The van der Waals surface area contributed by atoms with E-state index in [-0.39, 0.29) is 0 Å². The minimum Gasteiger partial charge on any atom is -0.493 e. The van der Waals surface area contributed by atoms with Gasteiger partial charge in [-0.15, -0.1) is 11.6 Å². The summed E-state index contributed by atoms with van der Waals surface area (Å²) in [6.45, 7) is 7.34. The molecule has 0 saturated heterocycles. The van der Waals surface area contributed by atoms with E-state index in [1.165, 1.54) is 0 Å². The fourth-order valence-electron chi connectivity index (χ4n) is 1.09. The number of pyridine rings is 1. The summed E-state index contributed by atoms with van der Waals surface area (Å²) >= 11 is 5.69. The average molecular weight is 228 g/mol. The molecular formula is C12H18ClNO. The van der Waals surface area contributed by atoms with Crippen LogP contribution in [0.3, 0.4) is 0 Å². The number of hydrogen-bond acceptors (Lipinski definition) is 2. The van der Waals surface area contributed by atoms with Crippen LogP contribution in [0.4, 0.5) is 0 Å². The molecule has 84 valence electrons. The number of nitrogens with zero attached hydrogens (tertiary/aromatic N) is 1. The molecule has 1 heterocycles. The first-order valence-corrected chi connectivity index (χ1v) is 5.68. The predicted octanol–water partition coefficient (Wildman–Crippen LogP) is 3.64. The number of halogens is 1. The van der Waals surface area contributed by atoms with E-state index in [0.717, 1.165) is 24.5 Å². The molecule has 0 aromatic carbocycles. The highest BCUT2D eigenvalue weighted by atomic mass is 35.5. The fraction of sp³-hybridized carbons (Fsp3) is 0.583. The third kappa shape index (κ3) is 5.03. The molecule has 1 aromatic heterocycles.